The molecule has 0 aliphatic rings. The fourth-order valence-corrected chi connectivity index (χ4v) is 3.01. The zero-order chi connectivity index (χ0) is 17.0. The van der Waals surface area contributed by atoms with Crippen molar-refractivity contribution in [3.63, 3.8) is 0 Å². The van der Waals surface area contributed by atoms with E-state index in [1.165, 1.54) is 36.6 Å². The summed E-state index contributed by atoms with van der Waals surface area (Å²) in [4.78, 5) is 23.4. The molecule has 0 saturated heterocycles. The first-order valence-corrected chi connectivity index (χ1v) is 8.44. The number of halogens is 1. The maximum atomic E-state index is 12.0. The van der Waals surface area contributed by atoms with Crippen LogP contribution in [0.5, 0.6) is 0 Å². The van der Waals surface area contributed by atoms with Crippen LogP contribution in [0.3, 0.4) is 0 Å². The molecule has 0 aliphatic heterocycles. The molecular formula is C14H13ClN2O5S. The highest BCUT2D eigenvalue weighted by Crippen LogP contribution is 2.15. The second-order valence-electron chi connectivity index (χ2n) is 4.61. The van der Waals surface area contributed by atoms with Crippen molar-refractivity contribution in [3.8, 4) is 0 Å². The number of carbonyl (C=O) groups is 2. The van der Waals surface area contributed by atoms with Gasteiger partial charge in [-0.2, -0.15) is 0 Å². The minimum absolute atomic E-state index is 0.0333. The summed E-state index contributed by atoms with van der Waals surface area (Å²) in [5, 5.41) is 0.385. The van der Waals surface area contributed by atoms with Gasteiger partial charge in [0.25, 0.3) is 11.8 Å². The molecule has 2 rings (SSSR count). The van der Waals surface area contributed by atoms with E-state index in [4.69, 9.17) is 16.0 Å². The number of hydrazine groups is 1. The number of benzene rings is 1. The molecule has 0 spiro atoms. The van der Waals surface area contributed by atoms with E-state index in [2.05, 4.69) is 5.43 Å². The fraction of sp³-hybridized carbons (Fsp3) is 0.143. The van der Waals surface area contributed by atoms with Crippen LogP contribution in [-0.4, -0.2) is 26.0 Å². The van der Waals surface area contributed by atoms with E-state index >= 15 is 0 Å². The maximum absolute atomic E-state index is 12.0. The Morgan fingerprint density at radius 1 is 1.13 bits per heavy atom. The van der Waals surface area contributed by atoms with Gasteiger partial charge >= 0.3 is 0 Å². The highest BCUT2D eigenvalue weighted by atomic mass is 35.5. The number of carbonyl (C=O) groups excluding carboxylic acids is 2. The third kappa shape index (κ3) is 4.33. The van der Waals surface area contributed by atoms with Crippen molar-refractivity contribution in [2.24, 2.45) is 0 Å². The Balaban J connectivity index is 1.95. The summed E-state index contributed by atoms with van der Waals surface area (Å²) in [5.41, 5.74) is 4.42. The van der Waals surface area contributed by atoms with Crippen molar-refractivity contribution in [1.29, 1.82) is 0 Å². The monoisotopic (exact) mass is 356 g/mol. The Labute approximate surface area is 137 Å². The summed E-state index contributed by atoms with van der Waals surface area (Å²) < 4.78 is 29.1. The summed E-state index contributed by atoms with van der Waals surface area (Å²) in [5.74, 6) is -1.90. The zero-order valence-corrected chi connectivity index (χ0v) is 13.6. The molecule has 23 heavy (non-hydrogen) atoms. The molecule has 0 aliphatic carbocycles. The number of aryl methyl sites for hydroxylation is 1. The van der Waals surface area contributed by atoms with Gasteiger partial charge in [0.2, 0.25) is 0 Å². The van der Waals surface area contributed by atoms with E-state index in [0.717, 1.165) is 0 Å². The molecule has 0 fully saturated rings. The molecule has 1 aromatic carbocycles. The third-order valence-electron chi connectivity index (χ3n) is 2.91. The van der Waals surface area contributed by atoms with E-state index in [9.17, 15) is 18.0 Å². The van der Waals surface area contributed by atoms with Gasteiger partial charge in [0.1, 0.15) is 11.5 Å². The Bertz CT molecular complexity index is 827. The zero-order valence-electron chi connectivity index (χ0n) is 12.0. The lowest BCUT2D eigenvalue weighted by Crippen LogP contribution is -2.44. The Hall–Kier alpha value is -2.32. The largest absolute Gasteiger partial charge is 0.469 e. The van der Waals surface area contributed by atoms with Crippen LogP contribution in [0.2, 0.25) is 5.02 Å². The number of nitrogens with one attached hydrogen (secondary N) is 2. The van der Waals surface area contributed by atoms with Crippen LogP contribution in [0, 0.1) is 6.92 Å². The quantitative estimate of drug-likeness (QED) is 0.807. The van der Waals surface area contributed by atoms with Gasteiger partial charge < -0.3 is 4.42 Å². The molecular weight excluding hydrogens is 344 g/mol. The molecule has 122 valence electrons. The molecule has 0 atom stereocenters. The molecule has 2 amide bonds. The Morgan fingerprint density at radius 3 is 2.35 bits per heavy atom. The lowest BCUT2D eigenvalue weighted by molar-refractivity contribution is -0.119. The van der Waals surface area contributed by atoms with Crippen molar-refractivity contribution in [2.45, 2.75) is 11.8 Å². The summed E-state index contributed by atoms with van der Waals surface area (Å²) in [6.45, 7) is 1.59. The predicted molar refractivity (Wildman–Crippen MR) is 82.6 cm³/mol. The van der Waals surface area contributed by atoms with Crippen LogP contribution in [-0.2, 0) is 14.6 Å². The third-order valence-corrected chi connectivity index (χ3v) is 4.80. The molecule has 9 heteroatoms. The highest BCUT2D eigenvalue weighted by molar-refractivity contribution is 7.92. The van der Waals surface area contributed by atoms with Crippen molar-refractivity contribution in [1.82, 2.24) is 10.9 Å². The van der Waals surface area contributed by atoms with Crippen molar-refractivity contribution in [3.05, 3.63) is 52.9 Å². The van der Waals surface area contributed by atoms with Gasteiger partial charge in [-0.1, -0.05) is 11.6 Å². The van der Waals surface area contributed by atoms with Gasteiger partial charge in [-0.25, -0.2) is 8.42 Å². The summed E-state index contributed by atoms with van der Waals surface area (Å²) >= 11 is 5.68. The Kier molecular flexibility index (Phi) is 5.07. The van der Waals surface area contributed by atoms with Crippen LogP contribution in [0.25, 0.3) is 0 Å². The molecule has 7 nitrogen and oxygen atoms in total. The minimum Gasteiger partial charge on any atom is -0.469 e. The van der Waals surface area contributed by atoms with Gasteiger partial charge in [-0.15, -0.1) is 0 Å². The lowest BCUT2D eigenvalue weighted by atomic mass is 10.2. The molecule has 1 heterocycles. The van der Waals surface area contributed by atoms with Crippen LogP contribution in [0.15, 0.2) is 45.9 Å². The van der Waals surface area contributed by atoms with Crippen molar-refractivity contribution in [2.75, 3.05) is 5.75 Å². The molecule has 0 saturated carbocycles. The van der Waals surface area contributed by atoms with Crippen LogP contribution < -0.4 is 10.9 Å². The average Bonchev–Trinajstić information content (AvgIpc) is 2.91. The summed E-state index contributed by atoms with van der Waals surface area (Å²) in [6, 6.07) is 6.86. The molecule has 0 radical (unpaired) electrons. The fourth-order valence-electron chi connectivity index (χ4n) is 1.75. The summed E-state index contributed by atoms with van der Waals surface area (Å²) in [6.07, 6.45) is 1.33. The van der Waals surface area contributed by atoms with Crippen molar-refractivity contribution >= 4 is 33.3 Å². The number of sulfone groups is 1. The van der Waals surface area contributed by atoms with Gasteiger partial charge in [-0.05, 0) is 37.3 Å². The van der Waals surface area contributed by atoms with Gasteiger partial charge in [0.05, 0.1) is 16.7 Å². The Morgan fingerprint density at radius 2 is 1.78 bits per heavy atom. The van der Waals surface area contributed by atoms with Gasteiger partial charge in [-0.3, -0.25) is 20.4 Å². The van der Waals surface area contributed by atoms with E-state index < -0.39 is 27.4 Å². The van der Waals surface area contributed by atoms with Crippen LogP contribution >= 0.6 is 11.6 Å². The smallest absolute Gasteiger partial charge is 0.273 e. The molecule has 0 bridgehead atoms. The maximum Gasteiger partial charge on any atom is 0.273 e. The van der Waals surface area contributed by atoms with Crippen LogP contribution in [0.4, 0.5) is 0 Å². The average molecular weight is 357 g/mol. The first-order chi connectivity index (χ1) is 10.8. The standard InChI is InChI=1S/C14H13ClN2O5S/c1-9-12(6-7-22-9)14(19)17-16-13(18)8-23(20,21)11-4-2-10(15)3-5-11/h2-7H,8H2,1H3,(H,16,18)(H,17,19). The first kappa shape index (κ1) is 17.0. The van der Waals surface area contributed by atoms with Gasteiger partial charge in [0.15, 0.2) is 9.84 Å². The number of furan rings is 1. The molecule has 2 aromatic rings. The van der Waals surface area contributed by atoms with E-state index in [1.54, 1.807) is 6.92 Å². The first-order valence-electron chi connectivity index (χ1n) is 6.41. The predicted octanol–water partition coefficient (Wildman–Crippen LogP) is 1.48. The second-order valence-corrected chi connectivity index (χ2v) is 7.03. The molecule has 1 aromatic heterocycles. The lowest BCUT2D eigenvalue weighted by Gasteiger charge is -2.08. The van der Waals surface area contributed by atoms with E-state index in [1.807, 2.05) is 5.43 Å². The number of rotatable bonds is 4. The minimum atomic E-state index is -3.83. The normalized spacial score (nSPS) is 11.0. The topological polar surface area (TPSA) is 105 Å². The SMILES string of the molecule is Cc1occc1C(=O)NNC(=O)CS(=O)(=O)c1ccc(Cl)cc1. The highest BCUT2D eigenvalue weighted by Gasteiger charge is 2.20. The van der Waals surface area contributed by atoms with E-state index in [-0.39, 0.29) is 10.5 Å². The van der Waals surface area contributed by atoms with Gasteiger partial charge in [0, 0.05) is 5.02 Å². The summed E-state index contributed by atoms with van der Waals surface area (Å²) in [7, 11) is -3.83. The van der Waals surface area contributed by atoms with E-state index in [0.29, 0.717) is 10.8 Å². The number of amides is 2. The second kappa shape index (κ2) is 6.84. The number of hydrogen-bond donors (Lipinski definition) is 2. The van der Waals surface area contributed by atoms with Crippen LogP contribution in [0.1, 0.15) is 16.1 Å². The van der Waals surface area contributed by atoms with Crippen molar-refractivity contribution < 1.29 is 22.4 Å². The molecule has 2 N–H and O–H groups in total. The molecule has 0 unspecified atom stereocenters. The number of hydrogen-bond acceptors (Lipinski definition) is 5.